The molecule has 0 aliphatic rings. The van der Waals surface area contributed by atoms with Crippen LogP contribution in [0.5, 0.6) is 0 Å². The van der Waals surface area contributed by atoms with Gasteiger partial charge < -0.3 is 10.8 Å². The minimum atomic E-state index is -0.463. The van der Waals surface area contributed by atoms with E-state index in [0.29, 0.717) is 13.0 Å². The molecule has 1 heterocycles. The lowest BCUT2D eigenvalue weighted by Gasteiger charge is -2.21. The van der Waals surface area contributed by atoms with Crippen LogP contribution in [0, 0.1) is 6.92 Å². The van der Waals surface area contributed by atoms with E-state index in [1.807, 2.05) is 30.3 Å². The van der Waals surface area contributed by atoms with Crippen LogP contribution in [0.3, 0.4) is 0 Å². The van der Waals surface area contributed by atoms with Crippen molar-refractivity contribution in [2.75, 3.05) is 6.54 Å². The van der Waals surface area contributed by atoms with Crippen molar-refractivity contribution in [3.05, 3.63) is 65.5 Å². The van der Waals surface area contributed by atoms with E-state index < -0.39 is 6.10 Å². The predicted octanol–water partition coefficient (Wildman–Crippen LogP) is 2.43. The van der Waals surface area contributed by atoms with Crippen LogP contribution in [-0.2, 0) is 6.42 Å². The fourth-order valence-electron chi connectivity index (χ4n) is 2.47. The first-order valence-electron chi connectivity index (χ1n) is 7.06. The average Bonchev–Trinajstić information content (AvgIpc) is 2.48. The number of nitrogens with two attached hydrogens (primary N) is 1. The van der Waals surface area contributed by atoms with Crippen LogP contribution in [0.15, 0.2) is 48.7 Å². The van der Waals surface area contributed by atoms with E-state index in [2.05, 4.69) is 24.0 Å². The Bertz CT molecular complexity index is 528. The van der Waals surface area contributed by atoms with E-state index in [0.717, 1.165) is 12.1 Å². The van der Waals surface area contributed by atoms with Gasteiger partial charge in [-0.25, -0.2) is 0 Å². The Kier molecular flexibility index (Phi) is 5.27. The molecule has 0 spiro atoms. The third kappa shape index (κ3) is 3.65. The number of rotatable bonds is 6. The molecule has 1 aromatic carbocycles. The fourth-order valence-corrected chi connectivity index (χ4v) is 2.47. The normalized spacial score (nSPS) is 13.9. The van der Waals surface area contributed by atoms with Crippen molar-refractivity contribution in [1.82, 2.24) is 4.98 Å². The molecule has 2 rings (SSSR count). The lowest BCUT2D eigenvalue weighted by molar-refractivity contribution is 0.134. The number of aryl methyl sites for hydroxylation is 2. The molecule has 0 amide bonds. The first-order chi connectivity index (χ1) is 9.72. The van der Waals surface area contributed by atoms with E-state index in [1.54, 1.807) is 6.20 Å². The molecule has 0 aliphatic heterocycles. The topological polar surface area (TPSA) is 59.1 Å². The van der Waals surface area contributed by atoms with Gasteiger partial charge in [-0.05, 0) is 43.0 Å². The van der Waals surface area contributed by atoms with E-state index in [1.165, 1.54) is 11.1 Å². The molecule has 0 bridgehead atoms. The molecular formula is C17H22N2O. The molecule has 106 valence electrons. The van der Waals surface area contributed by atoms with Gasteiger partial charge in [0.1, 0.15) is 0 Å². The van der Waals surface area contributed by atoms with Crippen molar-refractivity contribution in [1.29, 1.82) is 0 Å². The average molecular weight is 270 g/mol. The van der Waals surface area contributed by atoms with Crippen molar-refractivity contribution in [3.8, 4) is 0 Å². The highest BCUT2D eigenvalue weighted by molar-refractivity contribution is 5.25. The van der Waals surface area contributed by atoms with Crippen molar-refractivity contribution >= 4 is 0 Å². The number of hydrogen-bond donors (Lipinski definition) is 2. The molecule has 3 heteroatoms. The minimum Gasteiger partial charge on any atom is -0.392 e. The standard InChI is InChI=1S/C17H22N2O/c1-13-6-2-3-7-14(13)9-10-17(20)15(12-18)16-8-4-5-11-19-16/h2-8,11,15,17,20H,9-10,12,18H2,1H3. The molecule has 3 N–H and O–H groups in total. The molecule has 1 aromatic heterocycles. The first kappa shape index (κ1) is 14.7. The maximum absolute atomic E-state index is 10.4. The van der Waals surface area contributed by atoms with Gasteiger partial charge in [-0.1, -0.05) is 30.3 Å². The van der Waals surface area contributed by atoms with E-state index in [9.17, 15) is 5.11 Å². The monoisotopic (exact) mass is 270 g/mol. The molecule has 2 atom stereocenters. The number of nitrogens with zero attached hydrogens (tertiary/aromatic N) is 1. The summed E-state index contributed by atoms with van der Waals surface area (Å²) >= 11 is 0. The van der Waals surface area contributed by atoms with Gasteiger partial charge in [-0.2, -0.15) is 0 Å². The summed E-state index contributed by atoms with van der Waals surface area (Å²) in [4.78, 5) is 4.30. The number of aromatic nitrogens is 1. The van der Waals surface area contributed by atoms with Crippen LogP contribution >= 0.6 is 0 Å². The second kappa shape index (κ2) is 7.17. The number of pyridine rings is 1. The summed E-state index contributed by atoms with van der Waals surface area (Å²) in [5.74, 6) is -0.0970. The van der Waals surface area contributed by atoms with Crippen LogP contribution in [0.25, 0.3) is 0 Å². The summed E-state index contributed by atoms with van der Waals surface area (Å²) in [6, 6.07) is 14.0. The zero-order valence-corrected chi connectivity index (χ0v) is 11.9. The second-order valence-electron chi connectivity index (χ2n) is 5.13. The number of aliphatic hydroxyl groups excluding tert-OH is 1. The maximum atomic E-state index is 10.4. The molecule has 2 aromatic rings. The Morgan fingerprint density at radius 1 is 1.15 bits per heavy atom. The lowest BCUT2D eigenvalue weighted by atomic mass is 9.92. The van der Waals surface area contributed by atoms with Crippen LogP contribution in [-0.4, -0.2) is 22.7 Å². The summed E-state index contributed by atoms with van der Waals surface area (Å²) in [6.07, 6.45) is 2.83. The molecular weight excluding hydrogens is 248 g/mol. The number of benzene rings is 1. The Morgan fingerprint density at radius 2 is 1.90 bits per heavy atom. The van der Waals surface area contributed by atoms with Crippen LogP contribution < -0.4 is 5.73 Å². The quantitative estimate of drug-likeness (QED) is 0.847. The van der Waals surface area contributed by atoms with Gasteiger partial charge in [0.25, 0.3) is 0 Å². The third-order valence-corrected chi connectivity index (χ3v) is 3.76. The van der Waals surface area contributed by atoms with Crippen molar-refractivity contribution in [2.45, 2.75) is 31.8 Å². The van der Waals surface area contributed by atoms with Gasteiger partial charge in [0.05, 0.1) is 6.10 Å². The Morgan fingerprint density at radius 3 is 2.55 bits per heavy atom. The Balaban J connectivity index is 2.00. The summed E-state index contributed by atoms with van der Waals surface area (Å²) in [6.45, 7) is 2.51. The molecule has 0 aliphatic carbocycles. The summed E-state index contributed by atoms with van der Waals surface area (Å²) in [7, 11) is 0. The SMILES string of the molecule is Cc1ccccc1CCC(O)C(CN)c1ccccn1. The molecule has 2 unspecified atom stereocenters. The van der Waals surface area contributed by atoms with E-state index in [4.69, 9.17) is 5.73 Å². The summed E-state index contributed by atoms with van der Waals surface area (Å²) in [5.41, 5.74) is 9.22. The third-order valence-electron chi connectivity index (χ3n) is 3.76. The summed E-state index contributed by atoms with van der Waals surface area (Å²) < 4.78 is 0. The van der Waals surface area contributed by atoms with Crippen LogP contribution in [0.2, 0.25) is 0 Å². The molecule has 0 radical (unpaired) electrons. The van der Waals surface area contributed by atoms with Gasteiger partial charge in [0.15, 0.2) is 0 Å². The van der Waals surface area contributed by atoms with Gasteiger partial charge in [0, 0.05) is 24.4 Å². The Hall–Kier alpha value is -1.71. The second-order valence-corrected chi connectivity index (χ2v) is 5.13. The van der Waals surface area contributed by atoms with Gasteiger partial charge in [0.2, 0.25) is 0 Å². The minimum absolute atomic E-state index is 0.0970. The highest BCUT2D eigenvalue weighted by atomic mass is 16.3. The van der Waals surface area contributed by atoms with Gasteiger partial charge >= 0.3 is 0 Å². The molecule has 3 nitrogen and oxygen atoms in total. The molecule has 0 saturated carbocycles. The first-order valence-corrected chi connectivity index (χ1v) is 7.06. The Labute approximate surface area is 120 Å². The largest absolute Gasteiger partial charge is 0.392 e. The lowest BCUT2D eigenvalue weighted by Crippen LogP contribution is -2.27. The van der Waals surface area contributed by atoms with Crippen LogP contribution in [0.4, 0.5) is 0 Å². The van der Waals surface area contributed by atoms with Crippen LogP contribution in [0.1, 0.15) is 29.2 Å². The fraction of sp³-hybridized carbons (Fsp3) is 0.353. The molecule has 20 heavy (non-hydrogen) atoms. The van der Waals surface area contributed by atoms with Crippen molar-refractivity contribution < 1.29 is 5.11 Å². The zero-order chi connectivity index (χ0) is 14.4. The van der Waals surface area contributed by atoms with E-state index in [-0.39, 0.29) is 5.92 Å². The van der Waals surface area contributed by atoms with Crippen molar-refractivity contribution in [3.63, 3.8) is 0 Å². The number of hydrogen-bond acceptors (Lipinski definition) is 3. The van der Waals surface area contributed by atoms with Crippen molar-refractivity contribution in [2.24, 2.45) is 5.73 Å². The van der Waals surface area contributed by atoms with Gasteiger partial charge in [-0.15, -0.1) is 0 Å². The molecule has 0 saturated heterocycles. The zero-order valence-electron chi connectivity index (χ0n) is 11.9. The summed E-state index contributed by atoms with van der Waals surface area (Å²) in [5, 5.41) is 10.4. The smallest absolute Gasteiger partial charge is 0.0639 e. The highest BCUT2D eigenvalue weighted by Gasteiger charge is 2.20. The maximum Gasteiger partial charge on any atom is 0.0639 e. The van der Waals surface area contributed by atoms with Gasteiger partial charge in [-0.3, -0.25) is 4.98 Å². The number of aliphatic hydroxyl groups is 1. The highest BCUT2D eigenvalue weighted by Crippen LogP contribution is 2.21. The predicted molar refractivity (Wildman–Crippen MR) is 81.5 cm³/mol. The molecule has 0 fully saturated rings. The van der Waals surface area contributed by atoms with E-state index >= 15 is 0 Å².